The molecule has 1 heterocycles. The van der Waals surface area contributed by atoms with Gasteiger partial charge in [0.05, 0.1) is 25.5 Å². The van der Waals surface area contributed by atoms with Gasteiger partial charge in [-0.2, -0.15) is 0 Å². The van der Waals surface area contributed by atoms with Crippen LogP contribution in [0.4, 0.5) is 0 Å². The van der Waals surface area contributed by atoms with Crippen LogP contribution in [0.25, 0.3) is 6.08 Å². The maximum Gasteiger partial charge on any atom is 0.246 e. The third-order valence-electron chi connectivity index (χ3n) is 3.85. The molecule has 0 saturated carbocycles. The van der Waals surface area contributed by atoms with Crippen LogP contribution in [-0.4, -0.2) is 31.1 Å². The van der Waals surface area contributed by atoms with Gasteiger partial charge in [0.15, 0.2) is 11.5 Å². The summed E-state index contributed by atoms with van der Waals surface area (Å²) in [6.45, 7) is 5.84. The zero-order chi connectivity index (χ0) is 18.4. The zero-order valence-corrected chi connectivity index (χ0v) is 15.4. The molecule has 0 N–H and O–H groups in total. The number of nitrogens with zero attached hydrogens (tertiary/aromatic N) is 1. The quantitative estimate of drug-likeness (QED) is 0.703. The number of rotatable bonds is 7. The van der Waals surface area contributed by atoms with Gasteiger partial charge in [-0.15, -0.1) is 0 Å². The van der Waals surface area contributed by atoms with E-state index in [2.05, 4.69) is 0 Å². The van der Waals surface area contributed by atoms with Gasteiger partial charge in [-0.05, 0) is 56.7 Å². The van der Waals surface area contributed by atoms with Crippen LogP contribution in [0.2, 0.25) is 0 Å². The number of carbonyl (C=O) groups excluding carboxylic acids is 1. The highest BCUT2D eigenvalue weighted by Gasteiger charge is 2.17. The first-order valence-electron chi connectivity index (χ1n) is 8.25. The van der Waals surface area contributed by atoms with Gasteiger partial charge in [-0.25, -0.2) is 0 Å². The second-order valence-electron chi connectivity index (χ2n) is 6.05. The normalized spacial score (nSPS) is 12.4. The number of furan rings is 1. The minimum Gasteiger partial charge on any atom is -0.493 e. The maximum atomic E-state index is 12.4. The summed E-state index contributed by atoms with van der Waals surface area (Å²) in [6, 6.07) is 9.11. The fourth-order valence-corrected chi connectivity index (χ4v) is 2.33. The average molecular weight is 343 g/mol. The van der Waals surface area contributed by atoms with Gasteiger partial charge in [-0.1, -0.05) is 6.07 Å². The Morgan fingerprint density at radius 3 is 2.56 bits per heavy atom. The Bertz CT molecular complexity index is 719. The molecule has 0 bridgehead atoms. The molecule has 0 saturated heterocycles. The monoisotopic (exact) mass is 343 g/mol. The van der Waals surface area contributed by atoms with E-state index in [9.17, 15) is 4.79 Å². The van der Waals surface area contributed by atoms with Gasteiger partial charge in [-0.3, -0.25) is 4.79 Å². The molecule has 1 aromatic heterocycles. The van der Waals surface area contributed by atoms with Crippen molar-refractivity contribution in [1.29, 1.82) is 0 Å². The van der Waals surface area contributed by atoms with Gasteiger partial charge in [0.25, 0.3) is 0 Å². The number of ether oxygens (including phenoxy) is 2. The molecule has 0 aliphatic carbocycles. The summed E-state index contributed by atoms with van der Waals surface area (Å²) in [6.07, 6.45) is 4.97. The Morgan fingerprint density at radius 2 is 1.96 bits per heavy atom. The molecule has 0 spiro atoms. The molecule has 0 fully saturated rings. The van der Waals surface area contributed by atoms with Crippen molar-refractivity contribution in [2.75, 3.05) is 14.2 Å². The van der Waals surface area contributed by atoms with E-state index in [4.69, 9.17) is 13.9 Å². The molecule has 0 aliphatic heterocycles. The van der Waals surface area contributed by atoms with E-state index in [1.165, 1.54) is 6.08 Å². The molecule has 1 atom stereocenters. The molecule has 1 amide bonds. The largest absolute Gasteiger partial charge is 0.493 e. The molecule has 5 nitrogen and oxygen atoms in total. The molecule has 1 aromatic carbocycles. The van der Waals surface area contributed by atoms with Crippen molar-refractivity contribution in [3.8, 4) is 11.5 Å². The van der Waals surface area contributed by atoms with E-state index in [0.717, 1.165) is 11.3 Å². The number of hydrogen-bond acceptors (Lipinski definition) is 4. The van der Waals surface area contributed by atoms with Crippen LogP contribution < -0.4 is 9.47 Å². The van der Waals surface area contributed by atoms with Crippen LogP contribution in [0.1, 0.15) is 38.1 Å². The average Bonchev–Trinajstić information content (AvgIpc) is 3.13. The summed E-state index contributed by atoms with van der Waals surface area (Å²) in [7, 11) is 3.35. The van der Waals surface area contributed by atoms with E-state index in [1.807, 2.05) is 51.1 Å². The van der Waals surface area contributed by atoms with Crippen LogP contribution in [0, 0.1) is 0 Å². The van der Waals surface area contributed by atoms with Crippen LogP contribution >= 0.6 is 0 Å². The van der Waals surface area contributed by atoms with Crippen LogP contribution in [0.5, 0.6) is 11.5 Å². The van der Waals surface area contributed by atoms with Crippen LogP contribution in [0.3, 0.4) is 0 Å². The number of methoxy groups -OCH3 is 1. The van der Waals surface area contributed by atoms with E-state index in [-0.39, 0.29) is 18.1 Å². The lowest BCUT2D eigenvalue weighted by molar-refractivity contribution is -0.126. The Hall–Kier alpha value is -2.69. The highest BCUT2D eigenvalue weighted by Crippen LogP contribution is 2.29. The lowest BCUT2D eigenvalue weighted by Crippen LogP contribution is -2.27. The molecule has 1 unspecified atom stereocenters. The maximum absolute atomic E-state index is 12.4. The fourth-order valence-electron chi connectivity index (χ4n) is 2.33. The van der Waals surface area contributed by atoms with Crippen molar-refractivity contribution < 1.29 is 18.7 Å². The van der Waals surface area contributed by atoms with Crippen molar-refractivity contribution in [3.05, 3.63) is 54.0 Å². The third-order valence-corrected chi connectivity index (χ3v) is 3.85. The first-order valence-corrected chi connectivity index (χ1v) is 8.25. The highest BCUT2D eigenvalue weighted by atomic mass is 16.5. The third kappa shape index (κ3) is 4.89. The van der Waals surface area contributed by atoms with Crippen LogP contribution in [0.15, 0.2) is 47.1 Å². The summed E-state index contributed by atoms with van der Waals surface area (Å²) in [5, 5.41) is 0. The minimum absolute atomic E-state index is 0.0635. The van der Waals surface area contributed by atoms with Gasteiger partial charge >= 0.3 is 0 Å². The minimum atomic E-state index is -0.136. The fraction of sp³-hybridized carbons (Fsp3) is 0.350. The summed E-state index contributed by atoms with van der Waals surface area (Å²) in [5.41, 5.74) is 0.861. The molecule has 2 rings (SSSR count). The number of benzene rings is 1. The number of hydrogen-bond donors (Lipinski definition) is 0. The predicted octanol–water partition coefficient (Wildman–Crippen LogP) is 4.31. The van der Waals surface area contributed by atoms with E-state index in [1.54, 1.807) is 31.4 Å². The van der Waals surface area contributed by atoms with E-state index >= 15 is 0 Å². The van der Waals surface area contributed by atoms with E-state index in [0.29, 0.717) is 11.5 Å². The van der Waals surface area contributed by atoms with E-state index < -0.39 is 0 Å². The van der Waals surface area contributed by atoms with Crippen molar-refractivity contribution in [2.45, 2.75) is 32.9 Å². The first kappa shape index (κ1) is 18.6. The Morgan fingerprint density at radius 1 is 1.20 bits per heavy atom. The Balaban J connectivity index is 2.08. The lowest BCUT2D eigenvalue weighted by Gasteiger charge is -2.21. The molecule has 0 radical (unpaired) electrons. The van der Waals surface area contributed by atoms with Crippen LogP contribution in [-0.2, 0) is 4.79 Å². The van der Waals surface area contributed by atoms with Crippen molar-refractivity contribution in [3.63, 3.8) is 0 Å². The molecule has 134 valence electrons. The summed E-state index contributed by atoms with van der Waals surface area (Å²) in [4.78, 5) is 14.0. The molecule has 0 aliphatic rings. The number of amides is 1. The van der Waals surface area contributed by atoms with Crippen molar-refractivity contribution >= 4 is 12.0 Å². The lowest BCUT2D eigenvalue weighted by atomic mass is 10.1. The molecule has 5 heteroatoms. The standard InChI is InChI=1S/C20H25NO4/c1-14(2)25-18-10-8-16(13-19(18)23-5)9-11-20(22)21(4)15(3)17-7-6-12-24-17/h6-15H,1-5H3/b11-9-. The van der Waals surface area contributed by atoms with Gasteiger partial charge < -0.3 is 18.8 Å². The Kier molecular flexibility index (Phi) is 6.28. The van der Waals surface area contributed by atoms with Crippen molar-refractivity contribution in [1.82, 2.24) is 4.90 Å². The first-order chi connectivity index (χ1) is 11.9. The predicted molar refractivity (Wildman–Crippen MR) is 97.7 cm³/mol. The number of likely N-dealkylation sites (N-methyl/N-ethyl adjacent to an activating group) is 1. The highest BCUT2D eigenvalue weighted by molar-refractivity contribution is 5.91. The number of carbonyl (C=O) groups is 1. The molecule has 25 heavy (non-hydrogen) atoms. The van der Waals surface area contributed by atoms with Gasteiger partial charge in [0.2, 0.25) is 5.91 Å². The second kappa shape index (κ2) is 8.42. The second-order valence-corrected chi connectivity index (χ2v) is 6.05. The summed E-state index contributed by atoms with van der Waals surface area (Å²) >= 11 is 0. The zero-order valence-electron chi connectivity index (χ0n) is 15.4. The van der Waals surface area contributed by atoms with Gasteiger partial charge in [0, 0.05) is 13.1 Å². The molecular weight excluding hydrogens is 318 g/mol. The summed E-state index contributed by atoms with van der Waals surface area (Å²) < 4.78 is 16.4. The summed E-state index contributed by atoms with van der Waals surface area (Å²) in [5.74, 6) is 1.97. The molecule has 2 aromatic rings. The molecular formula is C20H25NO4. The smallest absolute Gasteiger partial charge is 0.246 e. The van der Waals surface area contributed by atoms with Gasteiger partial charge in [0.1, 0.15) is 5.76 Å². The topological polar surface area (TPSA) is 51.9 Å². The van der Waals surface area contributed by atoms with Crippen molar-refractivity contribution in [2.24, 2.45) is 0 Å². The SMILES string of the molecule is COc1cc(/C=C\C(=O)N(C)C(C)c2ccco2)ccc1OC(C)C. The Labute approximate surface area is 148 Å².